The quantitative estimate of drug-likeness (QED) is 0.116. The summed E-state index contributed by atoms with van der Waals surface area (Å²) < 4.78 is 29.6. The number of allylic oxidation sites excluding steroid dienone is 1. The second kappa shape index (κ2) is 17.8. The van der Waals surface area contributed by atoms with Gasteiger partial charge in [0.05, 0.1) is 36.3 Å². The summed E-state index contributed by atoms with van der Waals surface area (Å²) in [5, 5.41) is 118. The van der Waals surface area contributed by atoms with Gasteiger partial charge in [0, 0.05) is 0 Å². The molecule has 18 nitrogen and oxygen atoms in total. The molecule has 11 N–H and O–H groups in total. The Morgan fingerprint density at radius 1 is 0.682 bits per heavy atom. The zero-order valence-corrected chi connectivity index (χ0v) is 39.3. The molecule has 7 fully saturated rings. The van der Waals surface area contributed by atoms with E-state index >= 15 is 0 Å². The number of carboxylic acid groups (broad SMARTS) is 1. The SMILES string of the molecule is C[C@H]1[C@H](C)CC[C@]2(C(=O)O[C@@H]3O[C@H](CO)[C@@H](O)[C@H](O)[C@H]3O)CC[C@]3(C(=O)O)C(=CC[C@@H]4[C@@]5(C)CC[C@H]([C@H]6O[C@H](C)[C@@H](O[C@@H]7O[C@H](CO)[C@@H](O)[C@H](O)[C@H]7O)[C@H](O)[C@@H]6O)C(C)(C)[C@@H]5CC[C@]43C)[C@H]12. The minimum Gasteiger partial charge on any atom is -0.481 e. The van der Waals surface area contributed by atoms with E-state index in [1.165, 1.54) is 0 Å². The van der Waals surface area contributed by atoms with Crippen molar-refractivity contribution in [1.82, 2.24) is 0 Å². The van der Waals surface area contributed by atoms with Crippen molar-refractivity contribution < 1.29 is 89.4 Å². The van der Waals surface area contributed by atoms with E-state index in [1.54, 1.807) is 6.92 Å². The first-order valence-corrected chi connectivity index (χ1v) is 24.3. The van der Waals surface area contributed by atoms with Crippen molar-refractivity contribution in [3.8, 4) is 0 Å². The zero-order chi connectivity index (χ0) is 48.4. The molecule has 8 aliphatic rings. The van der Waals surface area contributed by atoms with Crippen LogP contribution in [0.3, 0.4) is 0 Å². The molecule has 66 heavy (non-hydrogen) atoms. The van der Waals surface area contributed by atoms with E-state index in [4.69, 9.17) is 23.7 Å². The highest BCUT2D eigenvalue weighted by molar-refractivity contribution is 5.85. The molecule has 3 saturated heterocycles. The van der Waals surface area contributed by atoms with E-state index in [0.717, 1.165) is 5.57 Å². The summed E-state index contributed by atoms with van der Waals surface area (Å²) in [7, 11) is 0. The van der Waals surface area contributed by atoms with Gasteiger partial charge >= 0.3 is 11.9 Å². The molecule has 3 heterocycles. The number of aliphatic hydroxyl groups is 10. The molecule has 0 aromatic heterocycles. The van der Waals surface area contributed by atoms with E-state index in [1.807, 2.05) is 0 Å². The minimum atomic E-state index is -1.77. The summed E-state index contributed by atoms with van der Waals surface area (Å²) in [6.45, 7) is 13.3. The number of carboxylic acids is 1. The number of rotatable bonds is 8. The standard InChI is InChI=1S/C48H76O18/c1-20-10-15-47(43(61)66-41-37(58)33(54)31(52)26(19-50)64-41)16-17-48(42(59)60)23(29(47)21(20)2)8-9-28-45(6)13-11-24(44(4,5)27(45)12-14-46(28,48)7)39-35(56)34(55)38(22(3)62-39)65-40-36(57)32(53)30(51)25(18-49)63-40/h8,20-22,24-41,49-58H,9-19H2,1-7H3,(H,59,60)/t20-,21+,22-,24-,25-,26-,27+,28-,29+,30-,31-,32+,33+,34-,35+,36-,37-,38-,39-,40+,41+,45+,46-,47+,48-/m1/s1. The van der Waals surface area contributed by atoms with Crippen molar-refractivity contribution in [3.05, 3.63) is 11.6 Å². The molecular weight excluding hydrogens is 865 g/mol. The van der Waals surface area contributed by atoms with Gasteiger partial charge in [-0.15, -0.1) is 0 Å². The summed E-state index contributed by atoms with van der Waals surface area (Å²) in [6, 6.07) is 0. The largest absolute Gasteiger partial charge is 0.481 e. The Hall–Kier alpha value is -1.88. The molecular formula is C48H76O18. The summed E-state index contributed by atoms with van der Waals surface area (Å²) in [4.78, 5) is 29.1. The maximum Gasteiger partial charge on any atom is 0.315 e. The van der Waals surface area contributed by atoms with Crippen molar-refractivity contribution in [1.29, 1.82) is 0 Å². The predicted octanol–water partition coefficient (Wildman–Crippen LogP) is 0.362. The van der Waals surface area contributed by atoms with Gasteiger partial charge < -0.3 is 79.9 Å². The van der Waals surface area contributed by atoms with E-state index in [9.17, 15) is 65.8 Å². The van der Waals surface area contributed by atoms with Crippen molar-refractivity contribution in [2.75, 3.05) is 13.2 Å². The lowest BCUT2D eigenvalue weighted by Gasteiger charge is -2.71. The highest BCUT2D eigenvalue weighted by Gasteiger charge is 2.74. The fourth-order valence-electron chi connectivity index (χ4n) is 15.9. The molecule has 0 unspecified atom stereocenters. The molecule has 376 valence electrons. The van der Waals surface area contributed by atoms with Crippen molar-refractivity contribution in [2.24, 2.45) is 62.6 Å². The number of carbonyl (C=O) groups excluding carboxylic acids is 1. The van der Waals surface area contributed by atoms with Crippen LogP contribution in [0.15, 0.2) is 11.6 Å². The van der Waals surface area contributed by atoms with Crippen LogP contribution in [0.2, 0.25) is 0 Å². The van der Waals surface area contributed by atoms with Crippen LogP contribution in [-0.2, 0) is 33.3 Å². The number of ether oxygens (including phenoxy) is 5. The average molecular weight is 941 g/mol. The minimum absolute atomic E-state index is 0.0544. The van der Waals surface area contributed by atoms with Crippen LogP contribution in [0.4, 0.5) is 0 Å². The van der Waals surface area contributed by atoms with Gasteiger partial charge in [-0.3, -0.25) is 9.59 Å². The fourth-order valence-corrected chi connectivity index (χ4v) is 15.9. The Kier molecular flexibility index (Phi) is 13.6. The highest BCUT2D eigenvalue weighted by Crippen LogP contribution is 2.76. The number of fused-ring (bicyclic) bond motifs is 7. The smallest absolute Gasteiger partial charge is 0.315 e. The zero-order valence-electron chi connectivity index (χ0n) is 39.3. The number of aliphatic carboxylic acids is 1. The first kappa shape index (κ1) is 50.5. The van der Waals surface area contributed by atoms with Crippen LogP contribution in [0.25, 0.3) is 0 Å². The monoisotopic (exact) mass is 941 g/mol. The van der Waals surface area contributed by atoms with Crippen molar-refractivity contribution in [3.63, 3.8) is 0 Å². The maximum absolute atomic E-state index is 14.7. The van der Waals surface area contributed by atoms with Crippen LogP contribution in [0.1, 0.15) is 106 Å². The summed E-state index contributed by atoms with van der Waals surface area (Å²) >= 11 is 0. The Labute approximate surface area is 386 Å². The van der Waals surface area contributed by atoms with Gasteiger partial charge in [0.15, 0.2) is 6.29 Å². The van der Waals surface area contributed by atoms with Gasteiger partial charge in [0.2, 0.25) is 6.29 Å². The number of carbonyl (C=O) groups is 2. The molecule has 0 radical (unpaired) electrons. The van der Waals surface area contributed by atoms with Crippen LogP contribution in [0, 0.1) is 62.6 Å². The van der Waals surface area contributed by atoms with E-state index in [2.05, 4.69) is 47.6 Å². The van der Waals surface area contributed by atoms with Crippen LogP contribution in [-0.4, -0.2) is 173 Å². The summed E-state index contributed by atoms with van der Waals surface area (Å²) in [5.41, 5.74) is -3.29. The molecule has 5 aliphatic carbocycles. The second-order valence-corrected chi connectivity index (χ2v) is 22.8. The highest BCUT2D eigenvalue weighted by atomic mass is 16.7. The normalized spacial score (nSPS) is 54.7. The summed E-state index contributed by atoms with van der Waals surface area (Å²) in [6.07, 6.45) is -14.8. The molecule has 8 rings (SSSR count). The molecule has 4 saturated carbocycles. The van der Waals surface area contributed by atoms with Crippen LogP contribution in [0.5, 0.6) is 0 Å². The maximum atomic E-state index is 14.7. The van der Waals surface area contributed by atoms with E-state index in [0.29, 0.717) is 44.9 Å². The fraction of sp³-hybridized carbons (Fsp3) is 0.917. The second-order valence-electron chi connectivity index (χ2n) is 22.8. The first-order chi connectivity index (χ1) is 30.9. The Morgan fingerprint density at radius 2 is 1.29 bits per heavy atom. The summed E-state index contributed by atoms with van der Waals surface area (Å²) in [5.74, 6) is -2.31. The lowest BCUT2D eigenvalue weighted by atomic mass is 9.32. The average Bonchev–Trinajstić information content (AvgIpc) is 3.27. The Morgan fingerprint density at radius 3 is 1.89 bits per heavy atom. The predicted molar refractivity (Wildman–Crippen MR) is 229 cm³/mol. The van der Waals surface area contributed by atoms with Gasteiger partial charge in [-0.25, -0.2) is 0 Å². The number of aliphatic hydroxyl groups excluding tert-OH is 10. The van der Waals surface area contributed by atoms with Gasteiger partial charge in [-0.1, -0.05) is 53.2 Å². The van der Waals surface area contributed by atoms with Gasteiger partial charge in [0.1, 0.15) is 67.1 Å². The lowest BCUT2D eigenvalue weighted by molar-refractivity contribution is -0.344. The molecule has 0 aromatic carbocycles. The Balaban J connectivity index is 1.06. The number of esters is 1. The van der Waals surface area contributed by atoms with Gasteiger partial charge in [-0.05, 0) is 116 Å². The third-order valence-corrected chi connectivity index (χ3v) is 19.8. The van der Waals surface area contributed by atoms with E-state index in [-0.39, 0.29) is 47.8 Å². The number of hydrogen-bond donors (Lipinski definition) is 11. The lowest BCUT2D eigenvalue weighted by Crippen LogP contribution is -2.69. The van der Waals surface area contributed by atoms with Crippen LogP contribution < -0.4 is 0 Å². The van der Waals surface area contributed by atoms with Crippen LogP contribution >= 0.6 is 0 Å². The third kappa shape index (κ3) is 7.23. The molecule has 3 aliphatic heterocycles. The van der Waals surface area contributed by atoms with Crippen molar-refractivity contribution >= 4 is 11.9 Å². The number of hydrogen-bond acceptors (Lipinski definition) is 17. The molecule has 0 amide bonds. The third-order valence-electron chi connectivity index (χ3n) is 19.8. The molecule has 0 spiro atoms. The molecule has 25 atom stereocenters. The van der Waals surface area contributed by atoms with Gasteiger partial charge in [-0.2, -0.15) is 0 Å². The van der Waals surface area contributed by atoms with E-state index < -0.39 is 145 Å². The Bertz CT molecular complexity index is 1840. The first-order valence-electron chi connectivity index (χ1n) is 24.3. The molecule has 18 heteroatoms. The molecule has 0 aromatic rings. The topological polar surface area (TPSA) is 303 Å². The molecule has 0 bridgehead atoms. The van der Waals surface area contributed by atoms with Gasteiger partial charge in [0.25, 0.3) is 0 Å². The van der Waals surface area contributed by atoms with Crippen molar-refractivity contribution in [2.45, 2.75) is 198 Å².